The predicted molar refractivity (Wildman–Crippen MR) is 259 cm³/mol. The number of nitrogens with zero attached hydrogens (tertiary/aromatic N) is 9. The summed E-state index contributed by atoms with van der Waals surface area (Å²) in [6, 6.07) is 27.5. The van der Waals surface area contributed by atoms with Crippen molar-refractivity contribution in [3.05, 3.63) is 143 Å². The van der Waals surface area contributed by atoms with Gasteiger partial charge in [-0.1, -0.05) is 23.7 Å². The van der Waals surface area contributed by atoms with Crippen LogP contribution in [0.4, 0.5) is 40.7 Å². The van der Waals surface area contributed by atoms with Crippen molar-refractivity contribution < 1.29 is 26.3 Å². The Morgan fingerprint density at radius 1 is 0.612 bits per heavy atom. The van der Waals surface area contributed by atoms with Gasteiger partial charge in [-0.05, 0) is 107 Å². The molecule has 348 valence electrons. The van der Waals surface area contributed by atoms with Crippen LogP contribution in [0.15, 0.2) is 125 Å². The summed E-state index contributed by atoms with van der Waals surface area (Å²) >= 11 is 5.73. The van der Waals surface area contributed by atoms with Crippen LogP contribution in [0.2, 0.25) is 5.15 Å². The molecular weight excluding hydrogens is 918 g/mol. The van der Waals surface area contributed by atoms with E-state index in [4.69, 9.17) is 26.8 Å². The van der Waals surface area contributed by atoms with Crippen LogP contribution in [-0.2, 0) is 19.7 Å². The molecule has 0 bridgehead atoms. The quantitative estimate of drug-likeness (QED) is 0.0849. The summed E-state index contributed by atoms with van der Waals surface area (Å²) in [5.41, 5.74) is 12.6. The Labute approximate surface area is 393 Å². The number of methoxy groups -OCH3 is 2. The topological polar surface area (TPSA) is 249 Å². The molecule has 19 nitrogen and oxygen atoms in total. The Morgan fingerprint density at radius 3 is 1.67 bits per heavy atom. The van der Waals surface area contributed by atoms with Gasteiger partial charge in [-0.3, -0.25) is 0 Å². The molecule has 0 unspecified atom stereocenters. The number of pyridine rings is 1. The van der Waals surface area contributed by atoms with E-state index >= 15 is 0 Å². The SMILES string of the molecule is COc1ccc(-n2nc(C)c(C)c2N)cn1.COc1ccc(-n2nc(C)c(C)c2Nc2ccnc(Nc3cccc(S(C)(=O)=O)c3)n2)cc1.CS(=O)(=O)c1cccc(Nc2nccc(Cl)n2)c1. The zero-order chi connectivity index (χ0) is 48.5. The predicted octanol–water partition coefficient (Wildman–Crippen LogP) is 7.93. The van der Waals surface area contributed by atoms with Gasteiger partial charge in [0.2, 0.25) is 17.8 Å². The van der Waals surface area contributed by atoms with Crippen molar-refractivity contribution in [1.82, 2.24) is 44.5 Å². The normalized spacial score (nSPS) is 11.1. The van der Waals surface area contributed by atoms with Crippen LogP contribution in [0, 0.1) is 27.7 Å². The van der Waals surface area contributed by atoms with Crippen molar-refractivity contribution >= 4 is 72.0 Å². The van der Waals surface area contributed by atoms with Gasteiger partial charge in [0.15, 0.2) is 19.7 Å². The highest BCUT2D eigenvalue weighted by Gasteiger charge is 2.16. The molecule has 67 heavy (non-hydrogen) atoms. The van der Waals surface area contributed by atoms with Crippen LogP contribution in [-0.4, -0.2) is 88.0 Å². The van der Waals surface area contributed by atoms with Crippen molar-refractivity contribution in [2.75, 3.05) is 48.4 Å². The van der Waals surface area contributed by atoms with E-state index in [2.05, 4.69) is 51.1 Å². The van der Waals surface area contributed by atoms with Crippen molar-refractivity contribution in [2.45, 2.75) is 37.5 Å². The fraction of sp³-hybridized carbons (Fsp3) is 0.178. The van der Waals surface area contributed by atoms with Gasteiger partial charge < -0.3 is 31.2 Å². The van der Waals surface area contributed by atoms with E-state index in [9.17, 15) is 16.8 Å². The minimum atomic E-state index is -3.32. The molecular formula is C45H48ClN13O6S2. The molecule has 0 aliphatic rings. The third kappa shape index (κ3) is 12.8. The second-order valence-corrected chi connectivity index (χ2v) is 19.1. The molecule has 0 spiro atoms. The number of aryl methyl sites for hydroxylation is 2. The van der Waals surface area contributed by atoms with Crippen molar-refractivity contribution in [3.8, 4) is 23.0 Å². The van der Waals surface area contributed by atoms with Crippen molar-refractivity contribution in [2.24, 2.45) is 0 Å². The molecule has 3 aromatic carbocycles. The molecule has 8 aromatic rings. The highest BCUT2D eigenvalue weighted by Crippen LogP contribution is 2.28. The first-order valence-electron chi connectivity index (χ1n) is 20.1. The summed E-state index contributed by atoms with van der Waals surface area (Å²) in [4.78, 5) is 21.3. The Bertz CT molecular complexity index is 3220. The van der Waals surface area contributed by atoms with E-state index in [1.165, 1.54) is 24.6 Å². The molecule has 0 saturated carbocycles. The molecule has 0 radical (unpaired) electrons. The lowest BCUT2D eigenvalue weighted by Crippen LogP contribution is -2.06. The number of hydrogen-bond acceptors (Lipinski definition) is 17. The van der Waals surface area contributed by atoms with Crippen LogP contribution in [0.25, 0.3) is 11.4 Å². The van der Waals surface area contributed by atoms with Crippen LogP contribution >= 0.6 is 11.6 Å². The highest BCUT2D eigenvalue weighted by atomic mass is 35.5. The number of anilines is 7. The molecule has 5 aromatic heterocycles. The molecule has 0 saturated heterocycles. The number of ether oxygens (including phenoxy) is 2. The summed E-state index contributed by atoms with van der Waals surface area (Å²) < 4.78 is 60.2. The maximum Gasteiger partial charge on any atom is 0.229 e. The van der Waals surface area contributed by atoms with E-state index in [0.717, 1.165) is 51.7 Å². The van der Waals surface area contributed by atoms with E-state index < -0.39 is 19.7 Å². The summed E-state index contributed by atoms with van der Waals surface area (Å²) in [6.45, 7) is 7.81. The molecule has 0 fully saturated rings. The average Bonchev–Trinajstić information content (AvgIpc) is 3.73. The van der Waals surface area contributed by atoms with Gasteiger partial charge >= 0.3 is 0 Å². The number of halogens is 1. The Hall–Kier alpha value is -7.62. The van der Waals surface area contributed by atoms with Gasteiger partial charge in [-0.2, -0.15) is 15.2 Å². The molecule has 0 aliphatic carbocycles. The third-order valence-corrected chi connectivity index (χ3v) is 12.2. The maximum absolute atomic E-state index is 11.8. The average molecular weight is 967 g/mol. The number of aromatic nitrogens is 9. The fourth-order valence-corrected chi connectivity index (χ4v) is 7.44. The van der Waals surface area contributed by atoms with Gasteiger partial charge in [0, 0.05) is 53.5 Å². The third-order valence-electron chi connectivity index (χ3n) is 9.82. The number of rotatable bonds is 12. The van der Waals surface area contributed by atoms with E-state index in [1.807, 2.05) is 62.7 Å². The van der Waals surface area contributed by atoms with Gasteiger partial charge in [0.25, 0.3) is 0 Å². The number of nitrogens with one attached hydrogen (secondary N) is 3. The van der Waals surface area contributed by atoms with Gasteiger partial charge in [0.1, 0.15) is 28.4 Å². The summed E-state index contributed by atoms with van der Waals surface area (Å²) in [5, 5.41) is 18.6. The van der Waals surface area contributed by atoms with Crippen LogP contribution in [0.5, 0.6) is 11.6 Å². The first kappa shape index (κ1) is 48.8. The Balaban J connectivity index is 0.000000183. The number of benzene rings is 3. The molecule has 5 N–H and O–H groups in total. The van der Waals surface area contributed by atoms with Crippen LogP contribution < -0.4 is 31.2 Å². The molecule has 8 rings (SSSR count). The molecule has 0 atom stereocenters. The van der Waals surface area contributed by atoms with E-state index in [-0.39, 0.29) is 9.79 Å². The lowest BCUT2D eigenvalue weighted by molar-refractivity contribution is 0.397. The highest BCUT2D eigenvalue weighted by molar-refractivity contribution is 7.91. The molecule has 5 heterocycles. The summed E-state index contributed by atoms with van der Waals surface area (Å²) in [6.07, 6.45) is 7.14. The minimum absolute atomic E-state index is 0.219. The number of hydrogen-bond donors (Lipinski definition) is 4. The van der Waals surface area contributed by atoms with E-state index in [1.54, 1.807) is 85.9 Å². The zero-order valence-corrected chi connectivity index (χ0v) is 40.1. The number of nitrogen functional groups attached to an aromatic ring is 1. The maximum atomic E-state index is 11.8. The summed E-state index contributed by atoms with van der Waals surface area (Å²) in [5.74, 6) is 3.96. The molecule has 0 amide bonds. The lowest BCUT2D eigenvalue weighted by Gasteiger charge is -2.12. The van der Waals surface area contributed by atoms with Gasteiger partial charge in [-0.25, -0.2) is 46.1 Å². The standard InChI is InChI=1S/C23H24N6O3S.C11H10ClN3O2S.C11H14N4O/c1-15-16(2)28-29(18-8-10-19(32-3)11-9-18)22(15)26-21-12-13-24-23(27-21)25-17-6-5-7-20(14-17)33(4,30)31;1-18(16,17)9-4-2-3-8(7-9)14-11-13-6-5-10(12)15-11;1-7-8(2)14-15(11(7)12)9-4-5-10(16-3)13-6-9/h5-14H,1-4H3,(H2,24,25,26,27);2-7H,1H3,(H,13,14,15);4-6H,12H2,1-3H3. The first-order chi connectivity index (χ1) is 31.8. The fourth-order valence-electron chi connectivity index (χ4n) is 5.97. The second-order valence-electron chi connectivity index (χ2n) is 14.7. The summed E-state index contributed by atoms with van der Waals surface area (Å²) in [7, 11) is -3.34. The van der Waals surface area contributed by atoms with Gasteiger partial charge in [0.05, 0.1) is 53.0 Å². The Morgan fingerprint density at radius 2 is 1.16 bits per heavy atom. The Kier molecular flexibility index (Phi) is 15.4. The zero-order valence-electron chi connectivity index (χ0n) is 37.7. The molecule has 0 aliphatic heterocycles. The van der Waals surface area contributed by atoms with E-state index in [0.29, 0.717) is 45.9 Å². The first-order valence-corrected chi connectivity index (χ1v) is 24.2. The minimum Gasteiger partial charge on any atom is -0.497 e. The lowest BCUT2D eigenvalue weighted by atomic mass is 10.2. The largest absolute Gasteiger partial charge is 0.497 e. The van der Waals surface area contributed by atoms with Crippen molar-refractivity contribution in [3.63, 3.8) is 0 Å². The number of sulfone groups is 2. The van der Waals surface area contributed by atoms with Crippen molar-refractivity contribution in [1.29, 1.82) is 0 Å². The van der Waals surface area contributed by atoms with Crippen LogP contribution in [0.3, 0.4) is 0 Å². The monoisotopic (exact) mass is 965 g/mol. The van der Waals surface area contributed by atoms with Crippen LogP contribution in [0.1, 0.15) is 22.5 Å². The molecule has 22 heteroatoms. The van der Waals surface area contributed by atoms with Gasteiger partial charge in [-0.15, -0.1) is 0 Å². The number of nitrogens with two attached hydrogens (primary N) is 1. The second kappa shape index (κ2) is 21.1. The smallest absolute Gasteiger partial charge is 0.229 e.